The average Bonchev–Trinajstić information content (AvgIpc) is 2.68. The number of hydrogen-bond acceptors (Lipinski definition) is 2. The number of rotatable bonds is 5. The molecule has 3 N–H and O–H groups in total. The molecule has 0 aliphatic rings. The zero-order valence-corrected chi connectivity index (χ0v) is 15.7. The van der Waals surface area contributed by atoms with E-state index in [9.17, 15) is 22.8 Å². The molecule has 5 nitrogen and oxygen atoms in total. The summed E-state index contributed by atoms with van der Waals surface area (Å²) < 4.78 is 38.4. The lowest BCUT2D eigenvalue weighted by Crippen LogP contribution is -2.19. The van der Waals surface area contributed by atoms with Gasteiger partial charge in [0.05, 0.1) is 12.0 Å². The smallest absolute Gasteiger partial charge is 0.326 e. The lowest BCUT2D eigenvalue weighted by molar-refractivity contribution is -0.137. The van der Waals surface area contributed by atoms with Crippen LogP contribution in [0.1, 0.15) is 11.1 Å². The Balaban J connectivity index is 1.59. The summed E-state index contributed by atoms with van der Waals surface area (Å²) >= 11 is 0. The van der Waals surface area contributed by atoms with Gasteiger partial charge in [0.25, 0.3) is 0 Å². The zero-order chi connectivity index (χ0) is 21.6. The summed E-state index contributed by atoms with van der Waals surface area (Å²) in [6.45, 7) is 0. The van der Waals surface area contributed by atoms with Crippen LogP contribution in [-0.4, -0.2) is 11.9 Å². The molecule has 0 heterocycles. The SMILES string of the molecule is O=C(Cc1cccc(C(F)(F)F)c1)Nc1cccc(NC(=O)Nc2ccccc2)c1. The van der Waals surface area contributed by atoms with E-state index in [2.05, 4.69) is 16.0 Å². The predicted octanol–water partition coefficient (Wildman–Crippen LogP) is 5.53. The quantitative estimate of drug-likeness (QED) is 0.515. The number of benzene rings is 3. The van der Waals surface area contributed by atoms with Crippen molar-refractivity contribution in [1.29, 1.82) is 0 Å². The molecule has 8 heteroatoms. The molecular formula is C22H18F3N3O2. The van der Waals surface area contributed by atoms with E-state index in [-0.39, 0.29) is 12.0 Å². The number of urea groups is 1. The third kappa shape index (κ3) is 6.10. The van der Waals surface area contributed by atoms with Gasteiger partial charge in [-0.05, 0) is 42.0 Å². The van der Waals surface area contributed by atoms with Crippen molar-refractivity contribution >= 4 is 29.0 Å². The van der Waals surface area contributed by atoms with E-state index in [1.807, 2.05) is 6.07 Å². The van der Waals surface area contributed by atoms with Crippen LogP contribution in [0.25, 0.3) is 0 Å². The Hall–Kier alpha value is -3.81. The Morgan fingerprint density at radius 1 is 0.700 bits per heavy atom. The number of amides is 3. The first kappa shape index (κ1) is 20.9. The minimum Gasteiger partial charge on any atom is -0.326 e. The highest BCUT2D eigenvalue weighted by Gasteiger charge is 2.30. The molecule has 154 valence electrons. The summed E-state index contributed by atoms with van der Waals surface area (Å²) in [5.41, 5.74) is 0.924. The third-order valence-corrected chi connectivity index (χ3v) is 4.05. The van der Waals surface area contributed by atoms with Gasteiger partial charge in [0.1, 0.15) is 0 Å². The second-order valence-electron chi connectivity index (χ2n) is 6.45. The van der Waals surface area contributed by atoms with Gasteiger partial charge < -0.3 is 16.0 Å². The Bertz CT molecular complexity index is 1040. The molecule has 3 aromatic rings. The number of nitrogens with one attached hydrogen (secondary N) is 3. The number of anilines is 3. The second-order valence-corrected chi connectivity index (χ2v) is 6.45. The van der Waals surface area contributed by atoms with Crippen LogP contribution < -0.4 is 16.0 Å². The Morgan fingerprint density at radius 3 is 2.00 bits per heavy atom. The fraction of sp³-hybridized carbons (Fsp3) is 0.0909. The summed E-state index contributed by atoms with van der Waals surface area (Å²) in [7, 11) is 0. The largest absolute Gasteiger partial charge is 0.416 e. The van der Waals surface area contributed by atoms with Crippen molar-refractivity contribution in [2.75, 3.05) is 16.0 Å². The monoisotopic (exact) mass is 413 g/mol. The second kappa shape index (κ2) is 9.13. The molecule has 0 fully saturated rings. The molecule has 0 aliphatic carbocycles. The maximum absolute atomic E-state index is 12.8. The van der Waals surface area contributed by atoms with Crippen LogP contribution >= 0.6 is 0 Å². The standard InChI is InChI=1S/C22H18F3N3O2/c23-22(24,25)16-7-4-6-15(12-16)13-20(29)26-18-10-5-11-19(14-18)28-21(30)27-17-8-2-1-3-9-17/h1-12,14H,13H2,(H,26,29)(H2,27,28,30). The van der Waals surface area contributed by atoms with Crippen LogP contribution in [0.4, 0.5) is 35.0 Å². The Morgan fingerprint density at radius 2 is 1.30 bits per heavy atom. The molecule has 0 atom stereocenters. The van der Waals surface area contributed by atoms with Gasteiger partial charge in [0.2, 0.25) is 5.91 Å². The predicted molar refractivity (Wildman–Crippen MR) is 109 cm³/mol. The number of alkyl halides is 3. The molecule has 0 spiro atoms. The molecule has 0 aliphatic heterocycles. The van der Waals surface area contributed by atoms with Crippen molar-refractivity contribution in [3.63, 3.8) is 0 Å². The first-order valence-electron chi connectivity index (χ1n) is 8.99. The van der Waals surface area contributed by atoms with Gasteiger partial charge >= 0.3 is 12.2 Å². The van der Waals surface area contributed by atoms with Gasteiger partial charge in [-0.1, -0.05) is 42.5 Å². The number of carbonyl (C=O) groups is 2. The first-order valence-corrected chi connectivity index (χ1v) is 8.99. The highest BCUT2D eigenvalue weighted by atomic mass is 19.4. The maximum Gasteiger partial charge on any atom is 0.416 e. The van der Waals surface area contributed by atoms with Gasteiger partial charge in [-0.25, -0.2) is 4.79 Å². The van der Waals surface area contributed by atoms with E-state index in [0.717, 1.165) is 12.1 Å². The molecule has 0 saturated carbocycles. The molecule has 0 saturated heterocycles. The summed E-state index contributed by atoms with van der Waals surface area (Å²) in [5, 5.41) is 7.94. The zero-order valence-electron chi connectivity index (χ0n) is 15.7. The van der Waals surface area contributed by atoms with Gasteiger partial charge in [0.15, 0.2) is 0 Å². The van der Waals surface area contributed by atoms with Crippen LogP contribution in [-0.2, 0) is 17.4 Å². The topological polar surface area (TPSA) is 70.2 Å². The Labute approximate surface area is 170 Å². The van der Waals surface area contributed by atoms with Crippen molar-refractivity contribution in [3.8, 4) is 0 Å². The number of carbonyl (C=O) groups excluding carboxylic acids is 2. The minimum absolute atomic E-state index is 0.212. The maximum atomic E-state index is 12.8. The van der Waals surface area contributed by atoms with Crippen LogP contribution in [0.5, 0.6) is 0 Å². The molecule has 3 aromatic carbocycles. The van der Waals surface area contributed by atoms with Crippen molar-refractivity contribution in [1.82, 2.24) is 0 Å². The van der Waals surface area contributed by atoms with Gasteiger partial charge in [-0.3, -0.25) is 4.79 Å². The molecule has 30 heavy (non-hydrogen) atoms. The van der Waals surface area contributed by atoms with E-state index < -0.39 is 23.7 Å². The van der Waals surface area contributed by atoms with Crippen molar-refractivity contribution in [2.24, 2.45) is 0 Å². The normalized spacial score (nSPS) is 10.9. The molecule has 3 amide bonds. The third-order valence-electron chi connectivity index (χ3n) is 4.05. The fourth-order valence-electron chi connectivity index (χ4n) is 2.74. The summed E-state index contributed by atoms with van der Waals surface area (Å²) in [6, 6.07) is 19.5. The molecule has 0 radical (unpaired) electrons. The van der Waals surface area contributed by atoms with E-state index in [1.165, 1.54) is 12.1 Å². The minimum atomic E-state index is -4.47. The van der Waals surface area contributed by atoms with Gasteiger partial charge in [0, 0.05) is 17.1 Å². The fourth-order valence-corrected chi connectivity index (χ4v) is 2.74. The summed E-state index contributed by atoms with van der Waals surface area (Å²) in [4.78, 5) is 24.3. The summed E-state index contributed by atoms with van der Waals surface area (Å²) in [6.07, 6.45) is -4.68. The molecule has 0 bridgehead atoms. The highest BCUT2D eigenvalue weighted by Crippen LogP contribution is 2.29. The van der Waals surface area contributed by atoms with Crippen LogP contribution in [0.2, 0.25) is 0 Å². The molecule has 0 aromatic heterocycles. The van der Waals surface area contributed by atoms with Crippen molar-refractivity contribution < 1.29 is 22.8 Å². The van der Waals surface area contributed by atoms with E-state index in [0.29, 0.717) is 17.1 Å². The van der Waals surface area contributed by atoms with Crippen molar-refractivity contribution in [2.45, 2.75) is 12.6 Å². The van der Waals surface area contributed by atoms with Crippen LogP contribution in [0.3, 0.4) is 0 Å². The summed E-state index contributed by atoms with van der Waals surface area (Å²) in [5.74, 6) is -0.472. The lowest BCUT2D eigenvalue weighted by Gasteiger charge is -2.11. The van der Waals surface area contributed by atoms with E-state index >= 15 is 0 Å². The van der Waals surface area contributed by atoms with Gasteiger partial charge in [-0.15, -0.1) is 0 Å². The number of halogens is 3. The van der Waals surface area contributed by atoms with Crippen LogP contribution in [0.15, 0.2) is 78.9 Å². The van der Waals surface area contributed by atoms with E-state index in [4.69, 9.17) is 0 Å². The number of hydrogen-bond donors (Lipinski definition) is 3. The highest BCUT2D eigenvalue weighted by molar-refractivity contribution is 6.00. The van der Waals surface area contributed by atoms with E-state index in [1.54, 1.807) is 48.5 Å². The number of para-hydroxylation sites is 1. The van der Waals surface area contributed by atoms with Crippen LogP contribution in [0, 0.1) is 0 Å². The van der Waals surface area contributed by atoms with Crippen molar-refractivity contribution in [3.05, 3.63) is 90.0 Å². The van der Waals surface area contributed by atoms with Gasteiger partial charge in [-0.2, -0.15) is 13.2 Å². The molecular weight excluding hydrogens is 395 g/mol. The average molecular weight is 413 g/mol. The first-order chi connectivity index (χ1) is 14.3. The Kier molecular flexibility index (Phi) is 6.36. The lowest BCUT2D eigenvalue weighted by atomic mass is 10.1. The molecule has 3 rings (SSSR count). The molecule has 0 unspecified atom stereocenters.